The normalized spacial score (nSPS) is 17.7. The number of amides is 5. The van der Waals surface area contributed by atoms with Crippen LogP contribution in [-0.2, 0) is 28.8 Å². The van der Waals surface area contributed by atoms with Gasteiger partial charge in [-0.3, -0.25) is 33.7 Å². The molecular weight excluding hydrogens is 630 g/mol. The van der Waals surface area contributed by atoms with Gasteiger partial charge in [-0.2, -0.15) is 0 Å². The predicted molar refractivity (Wildman–Crippen MR) is 176 cm³/mol. The Balaban J connectivity index is 2.23. The first-order valence-electron chi connectivity index (χ1n) is 16.6. The molecule has 0 radical (unpaired) electrons. The molecule has 0 aromatic rings. The Morgan fingerprint density at radius 1 is 0.688 bits per heavy atom. The molecule has 5 amide bonds. The van der Waals surface area contributed by atoms with E-state index >= 15 is 0 Å². The van der Waals surface area contributed by atoms with Crippen molar-refractivity contribution in [3.63, 3.8) is 0 Å². The molecule has 0 spiro atoms. The summed E-state index contributed by atoms with van der Waals surface area (Å²) in [5, 5.41) is 44.9. The molecule has 18 heteroatoms. The van der Waals surface area contributed by atoms with Crippen LogP contribution in [0.25, 0.3) is 0 Å². The van der Waals surface area contributed by atoms with E-state index in [2.05, 4.69) is 36.8 Å². The van der Waals surface area contributed by atoms with Gasteiger partial charge in [-0.25, -0.2) is 0 Å². The molecule has 1 fully saturated rings. The van der Waals surface area contributed by atoms with Crippen LogP contribution in [0, 0.1) is 0 Å². The largest absolute Gasteiger partial charge is 0.481 e. The summed E-state index contributed by atoms with van der Waals surface area (Å²) in [5.74, 6) is -3.47. The first kappa shape index (κ1) is 42.6. The summed E-state index contributed by atoms with van der Waals surface area (Å²) in [6.07, 6.45) is -1.30. The number of carbonyl (C=O) groups excluding carboxylic acids is 5. The molecule has 1 rings (SSSR count). The van der Waals surface area contributed by atoms with Gasteiger partial charge in [0, 0.05) is 52.4 Å². The van der Waals surface area contributed by atoms with Gasteiger partial charge in [-0.1, -0.05) is 6.92 Å². The van der Waals surface area contributed by atoms with Crippen LogP contribution in [0.2, 0.25) is 0 Å². The number of aliphatic hydroxyl groups is 2. The molecule has 18 nitrogen and oxygen atoms in total. The minimum absolute atomic E-state index is 0.243. The highest BCUT2D eigenvalue weighted by atomic mass is 16.4. The van der Waals surface area contributed by atoms with E-state index in [1.165, 1.54) is 0 Å². The lowest BCUT2D eigenvalue weighted by Crippen LogP contribution is -2.69. The van der Waals surface area contributed by atoms with E-state index < -0.39 is 48.2 Å². The molecule has 1 unspecified atom stereocenters. The summed E-state index contributed by atoms with van der Waals surface area (Å²) in [6.45, 7) is 8.65. The van der Waals surface area contributed by atoms with Crippen molar-refractivity contribution in [2.75, 3.05) is 112 Å². The lowest BCUT2D eigenvalue weighted by molar-refractivity contribution is -0.970. The van der Waals surface area contributed by atoms with E-state index in [4.69, 9.17) is 5.11 Å². The molecule has 1 saturated heterocycles. The van der Waals surface area contributed by atoms with Gasteiger partial charge in [-0.15, -0.1) is 0 Å². The highest BCUT2D eigenvalue weighted by Crippen LogP contribution is 2.19. The van der Waals surface area contributed by atoms with E-state index in [0.717, 1.165) is 13.0 Å². The van der Waals surface area contributed by atoms with Gasteiger partial charge < -0.3 is 56.6 Å². The zero-order chi connectivity index (χ0) is 36.0. The Labute approximate surface area is 282 Å². The standard InChI is InChI=1S/C30H57N9O9/c1-4-12-38(20-23(40)19-37(2)3)13-9-34-26(43)17-28(45)36-11-15-39(21-24(41)22-39)14-10-35-27(44)16-25(42)32-7-5-31-6-8-33-29(46)18-30(47)48/h23-24,31,40-41H,4-22H2,1-3H3,(H5-,32,33,34,35,36,42,43,44,45,46,47,48)/p+1. The fourth-order valence-corrected chi connectivity index (χ4v) is 5.37. The zero-order valence-corrected chi connectivity index (χ0v) is 28.7. The van der Waals surface area contributed by atoms with E-state index in [-0.39, 0.29) is 38.4 Å². The minimum atomic E-state index is -1.20. The lowest BCUT2D eigenvalue weighted by Gasteiger charge is -2.48. The van der Waals surface area contributed by atoms with E-state index in [1.807, 2.05) is 25.9 Å². The first-order chi connectivity index (χ1) is 22.7. The number of rotatable bonds is 27. The average Bonchev–Trinajstić information content (AvgIpc) is 2.95. The van der Waals surface area contributed by atoms with Gasteiger partial charge in [-0.05, 0) is 27.1 Å². The maximum atomic E-state index is 12.4. The number of carboxylic acid groups (broad SMARTS) is 1. The highest BCUT2D eigenvalue weighted by Gasteiger charge is 2.42. The first-order valence-corrected chi connectivity index (χ1v) is 16.6. The summed E-state index contributed by atoms with van der Waals surface area (Å²) in [6, 6.07) is 0. The number of quaternary nitrogens is 1. The topological polar surface area (TPSA) is 242 Å². The summed E-state index contributed by atoms with van der Waals surface area (Å²) in [7, 11) is 3.79. The van der Waals surface area contributed by atoms with Gasteiger partial charge in [0.1, 0.15) is 32.4 Å². The number of likely N-dealkylation sites (tertiary alicyclic amines) is 1. The van der Waals surface area contributed by atoms with Crippen LogP contribution in [0.5, 0.6) is 0 Å². The third-order valence-corrected chi connectivity index (χ3v) is 7.55. The van der Waals surface area contributed by atoms with Gasteiger partial charge in [0.2, 0.25) is 29.5 Å². The van der Waals surface area contributed by atoms with Crippen LogP contribution in [0.4, 0.5) is 0 Å². The van der Waals surface area contributed by atoms with E-state index in [1.54, 1.807) is 0 Å². The van der Waals surface area contributed by atoms with Gasteiger partial charge in [0.25, 0.3) is 0 Å². The molecule has 1 atom stereocenters. The van der Waals surface area contributed by atoms with Gasteiger partial charge in [0.15, 0.2) is 6.10 Å². The molecular formula is C30H58N9O9+. The summed E-state index contributed by atoms with van der Waals surface area (Å²) in [4.78, 5) is 74.6. The molecule has 1 aliphatic heterocycles. The van der Waals surface area contributed by atoms with Crippen LogP contribution >= 0.6 is 0 Å². The molecule has 0 aromatic carbocycles. The van der Waals surface area contributed by atoms with Crippen molar-refractivity contribution in [3.8, 4) is 0 Å². The SMILES string of the molecule is CCCN(CCNC(=O)CC(=O)NCC[N+]1(CCNC(=O)CC(=O)NCCNCCNC(=O)CC(=O)O)CC(O)C1)CC(O)CN(C)C. The zero-order valence-electron chi connectivity index (χ0n) is 28.7. The molecule has 1 aliphatic rings. The average molecular weight is 689 g/mol. The quantitative estimate of drug-likeness (QED) is 0.0225. The summed E-state index contributed by atoms with van der Waals surface area (Å²) >= 11 is 0. The molecule has 1 heterocycles. The Bertz CT molecular complexity index is 1030. The number of likely N-dealkylation sites (N-methyl/N-ethyl adjacent to an activating group) is 1. The number of aliphatic hydroxyl groups excluding tert-OH is 2. The number of hydrogen-bond donors (Lipinski definition) is 9. The Morgan fingerprint density at radius 2 is 1.15 bits per heavy atom. The summed E-state index contributed by atoms with van der Waals surface area (Å²) < 4.78 is 0.482. The third-order valence-electron chi connectivity index (χ3n) is 7.55. The fraction of sp³-hybridized carbons (Fsp3) is 0.800. The van der Waals surface area contributed by atoms with Crippen molar-refractivity contribution < 1.29 is 48.6 Å². The Kier molecular flexibility index (Phi) is 21.2. The predicted octanol–water partition coefficient (Wildman–Crippen LogP) is -4.76. The third kappa shape index (κ3) is 20.7. The van der Waals surface area contributed by atoms with E-state index in [9.17, 15) is 39.0 Å². The van der Waals surface area contributed by atoms with Crippen molar-refractivity contribution in [2.24, 2.45) is 0 Å². The van der Waals surface area contributed by atoms with Crippen LogP contribution in [0.3, 0.4) is 0 Å². The van der Waals surface area contributed by atoms with Crippen LogP contribution in [-0.4, -0.2) is 190 Å². The highest BCUT2D eigenvalue weighted by molar-refractivity contribution is 5.97. The number of aliphatic carboxylic acids is 1. The molecule has 9 N–H and O–H groups in total. The molecule has 0 aromatic heterocycles. The Hall–Kier alpha value is -3.42. The summed E-state index contributed by atoms with van der Waals surface area (Å²) in [5.41, 5.74) is 0. The number of hydrogen-bond acceptors (Lipinski definition) is 11. The molecule has 0 bridgehead atoms. The van der Waals surface area contributed by atoms with Crippen molar-refractivity contribution >= 4 is 35.5 Å². The van der Waals surface area contributed by atoms with Crippen molar-refractivity contribution in [1.29, 1.82) is 0 Å². The Morgan fingerprint density at radius 3 is 1.58 bits per heavy atom. The maximum Gasteiger partial charge on any atom is 0.312 e. The molecule has 276 valence electrons. The lowest BCUT2D eigenvalue weighted by atomic mass is 10.1. The number of carbonyl (C=O) groups is 6. The number of nitrogens with one attached hydrogen (secondary N) is 6. The van der Waals surface area contributed by atoms with Gasteiger partial charge in [0.05, 0.1) is 32.3 Å². The molecule has 48 heavy (non-hydrogen) atoms. The van der Waals surface area contributed by atoms with Crippen LogP contribution < -0.4 is 31.9 Å². The van der Waals surface area contributed by atoms with Crippen LogP contribution in [0.15, 0.2) is 0 Å². The second-order valence-electron chi connectivity index (χ2n) is 12.4. The maximum absolute atomic E-state index is 12.4. The minimum Gasteiger partial charge on any atom is -0.481 e. The molecule has 0 saturated carbocycles. The van der Waals surface area contributed by atoms with Crippen molar-refractivity contribution in [2.45, 2.75) is 44.8 Å². The molecule has 0 aliphatic carbocycles. The second-order valence-corrected chi connectivity index (χ2v) is 12.4. The number of carboxylic acids is 1. The van der Waals surface area contributed by atoms with Crippen LogP contribution in [0.1, 0.15) is 32.6 Å². The fourth-order valence-electron chi connectivity index (χ4n) is 5.37. The number of nitrogens with zero attached hydrogens (tertiary/aromatic N) is 3. The smallest absolute Gasteiger partial charge is 0.312 e. The van der Waals surface area contributed by atoms with Crippen molar-refractivity contribution in [1.82, 2.24) is 41.7 Å². The van der Waals surface area contributed by atoms with E-state index in [0.29, 0.717) is 76.5 Å². The van der Waals surface area contributed by atoms with Gasteiger partial charge >= 0.3 is 5.97 Å². The van der Waals surface area contributed by atoms with Crippen molar-refractivity contribution in [3.05, 3.63) is 0 Å². The second kappa shape index (κ2) is 23.8. The monoisotopic (exact) mass is 688 g/mol.